The van der Waals surface area contributed by atoms with Crippen molar-refractivity contribution in [3.05, 3.63) is 95.4 Å². The fourth-order valence-electron chi connectivity index (χ4n) is 5.34. The van der Waals surface area contributed by atoms with Crippen LogP contribution in [0.15, 0.2) is 84.9 Å². The van der Waals surface area contributed by atoms with Gasteiger partial charge in [0.05, 0.1) is 6.61 Å². The molecular formula is C32H29NO9S. The number of aliphatic carboxylic acids is 3. The number of ether oxygens (including phenoxy) is 2. The normalized spacial score (nSPS) is 17.3. The molecule has 2 heterocycles. The van der Waals surface area contributed by atoms with Crippen molar-refractivity contribution in [3.63, 3.8) is 0 Å². The number of rotatable bonds is 11. The standard InChI is InChI=1S/C32H29NO9S/c1-19(33(17-28(34)35)29(36)26-18-41-32(42-26,30(37)38)31(39)40)25(16-24-15-23-9-5-6-10-27(23)43-24)22-13-11-21(12-14-22)20-7-3-2-4-8-20/h2-15,19,25-26H,16-18H2,1H3,(H,34,35)(H,37,38)(H,39,40)/t19-,25+,26+/m1/s1. The Morgan fingerprint density at radius 3 is 2.14 bits per heavy atom. The number of nitrogens with zero attached hydrogens (tertiary/aromatic N) is 1. The highest BCUT2D eigenvalue weighted by Gasteiger charge is 2.58. The van der Waals surface area contributed by atoms with Crippen molar-refractivity contribution in [2.75, 3.05) is 13.2 Å². The van der Waals surface area contributed by atoms with E-state index in [9.17, 15) is 34.5 Å². The maximum atomic E-state index is 13.7. The highest BCUT2D eigenvalue weighted by Crippen LogP contribution is 2.35. The monoisotopic (exact) mass is 603 g/mol. The first-order valence-electron chi connectivity index (χ1n) is 13.5. The maximum Gasteiger partial charge on any atom is 0.377 e. The van der Waals surface area contributed by atoms with Gasteiger partial charge in [0.15, 0.2) is 6.10 Å². The quantitative estimate of drug-likeness (QED) is 0.211. The molecule has 1 aromatic heterocycles. The van der Waals surface area contributed by atoms with Crippen LogP contribution in [0, 0.1) is 0 Å². The van der Waals surface area contributed by atoms with E-state index in [-0.39, 0.29) is 5.92 Å². The van der Waals surface area contributed by atoms with E-state index in [0.717, 1.165) is 36.6 Å². The Hall–Kier alpha value is -4.58. The minimum Gasteiger partial charge on any atom is -0.480 e. The molecule has 4 aromatic rings. The SMILES string of the molecule is C[C@H]([C@H](Cc1cc2ccccc2s1)c1ccc(-c2ccccc2)cc1)N(CC(=O)O)C(=O)[C@@H]1COC(C(=O)O)(C(=O)O)O1. The molecule has 0 spiro atoms. The lowest BCUT2D eigenvalue weighted by Gasteiger charge is -2.35. The molecule has 1 aliphatic heterocycles. The molecular weight excluding hydrogens is 574 g/mol. The van der Waals surface area contributed by atoms with Gasteiger partial charge in [-0.3, -0.25) is 9.59 Å². The summed E-state index contributed by atoms with van der Waals surface area (Å²) in [7, 11) is 0. The second-order valence-electron chi connectivity index (χ2n) is 10.3. The van der Waals surface area contributed by atoms with Crippen LogP contribution in [0.1, 0.15) is 23.3 Å². The van der Waals surface area contributed by atoms with E-state index < -0.39 is 54.9 Å². The zero-order valence-electron chi connectivity index (χ0n) is 23.1. The van der Waals surface area contributed by atoms with Crippen LogP contribution in [0.2, 0.25) is 0 Å². The zero-order valence-corrected chi connectivity index (χ0v) is 23.9. The summed E-state index contributed by atoms with van der Waals surface area (Å²) >= 11 is 1.61. The second-order valence-corrected chi connectivity index (χ2v) is 11.5. The number of fused-ring (bicyclic) bond motifs is 1. The molecule has 5 rings (SSSR count). The van der Waals surface area contributed by atoms with Crippen LogP contribution in [-0.4, -0.2) is 75.1 Å². The van der Waals surface area contributed by atoms with Crippen molar-refractivity contribution >= 4 is 45.2 Å². The lowest BCUT2D eigenvalue weighted by Crippen LogP contribution is -2.52. The van der Waals surface area contributed by atoms with Crippen molar-refractivity contribution in [2.24, 2.45) is 0 Å². The van der Waals surface area contributed by atoms with Crippen LogP contribution < -0.4 is 0 Å². The molecule has 10 nitrogen and oxygen atoms in total. The Kier molecular flexibility index (Phi) is 8.58. The summed E-state index contributed by atoms with van der Waals surface area (Å²) in [5.74, 6) is -9.44. The molecule has 0 unspecified atom stereocenters. The molecule has 0 bridgehead atoms. The topological polar surface area (TPSA) is 151 Å². The average Bonchev–Trinajstić information content (AvgIpc) is 3.64. The van der Waals surface area contributed by atoms with E-state index in [1.54, 1.807) is 18.3 Å². The van der Waals surface area contributed by atoms with Crippen LogP contribution in [0.4, 0.5) is 0 Å². The number of hydrogen-bond acceptors (Lipinski definition) is 7. The van der Waals surface area contributed by atoms with Crippen molar-refractivity contribution in [2.45, 2.75) is 37.2 Å². The summed E-state index contributed by atoms with van der Waals surface area (Å²) in [6.07, 6.45) is -1.15. The van der Waals surface area contributed by atoms with Crippen LogP contribution in [0.5, 0.6) is 0 Å². The summed E-state index contributed by atoms with van der Waals surface area (Å²) in [6, 6.07) is 27.0. The predicted molar refractivity (Wildman–Crippen MR) is 158 cm³/mol. The molecule has 3 N–H and O–H groups in total. The number of amides is 1. The van der Waals surface area contributed by atoms with Gasteiger partial charge in [0, 0.05) is 21.5 Å². The number of carboxylic acid groups (broad SMARTS) is 3. The van der Waals surface area contributed by atoms with Gasteiger partial charge < -0.3 is 29.7 Å². The second kappa shape index (κ2) is 12.3. The lowest BCUT2D eigenvalue weighted by molar-refractivity contribution is -0.218. The van der Waals surface area contributed by atoms with Gasteiger partial charge in [-0.15, -0.1) is 11.3 Å². The van der Waals surface area contributed by atoms with Gasteiger partial charge in [-0.1, -0.05) is 72.8 Å². The Morgan fingerprint density at radius 1 is 0.907 bits per heavy atom. The van der Waals surface area contributed by atoms with Crippen LogP contribution in [0.25, 0.3) is 21.2 Å². The smallest absolute Gasteiger partial charge is 0.377 e. The molecule has 1 saturated heterocycles. The number of thiophene rings is 1. The molecule has 43 heavy (non-hydrogen) atoms. The van der Waals surface area contributed by atoms with Crippen molar-refractivity contribution < 1.29 is 44.0 Å². The number of hydrogen-bond donors (Lipinski definition) is 3. The van der Waals surface area contributed by atoms with Gasteiger partial charge in [0.25, 0.3) is 5.91 Å². The Labute approximate surface area is 250 Å². The minimum atomic E-state index is -3.05. The van der Waals surface area contributed by atoms with Crippen molar-refractivity contribution in [3.8, 4) is 11.1 Å². The number of carbonyl (C=O) groups is 4. The fraction of sp³-hybridized carbons (Fsp3) is 0.250. The van der Waals surface area contributed by atoms with Crippen LogP contribution in [-0.2, 0) is 35.1 Å². The molecule has 0 saturated carbocycles. The number of carboxylic acids is 3. The first-order valence-corrected chi connectivity index (χ1v) is 14.3. The number of benzene rings is 3. The average molecular weight is 604 g/mol. The molecule has 11 heteroatoms. The van der Waals surface area contributed by atoms with Crippen molar-refractivity contribution in [1.82, 2.24) is 4.90 Å². The molecule has 3 aromatic carbocycles. The van der Waals surface area contributed by atoms with E-state index in [2.05, 4.69) is 6.07 Å². The first-order chi connectivity index (χ1) is 20.6. The maximum absolute atomic E-state index is 13.7. The third-order valence-electron chi connectivity index (χ3n) is 7.59. The van der Waals surface area contributed by atoms with Gasteiger partial charge in [-0.2, -0.15) is 0 Å². The summed E-state index contributed by atoms with van der Waals surface area (Å²) in [6.45, 7) is 0.354. The van der Waals surface area contributed by atoms with Gasteiger partial charge in [0.1, 0.15) is 6.54 Å². The molecule has 222 valence electrons. The van der Waals surface area contributed by atoms with Gasteiger partial charge >= 0.3 is 23.7 Å². The summed E-state index contributed by atoms with van der Waals surface area (Å²) in [5.41, 5.74) is 2.89. The molecule has 1 amide bonds. The molecule has 0 radical (unpaired) electrons. The molecule has 1 aliphatic rings. The first kappa shape index (κ1) is 29.9. The zero-order chi connectivity index (χ0) is 30.7. The van der Waals surface area contributed by atoms with E-state index in [1.807, 2.05) is 78.9 Å². The third-order valence-corrected chi connectivity index (χ3v) is 8.73. The van der Waals surface area contributed by atoms with Gasteiger partial charge in [0.2, 0.25) is 0 Å². The van der Waals surface area contributed by atoms with E-state index in [0.29, 0.717) is 6.42 Å². The van der Waals surface area contributed by atoms with Gasteiger partial charge in [-0.05, 0) is 47.6 Å². The summed E-state index contributed by atoms with van der Waals surface area (Å²) in [5, 5.41) is 29.7. The molecule has 0 aliphatic carbocycles. The summed E-state index contributed by atoms with van der Waals surface area (Å²) in [4.78, 5) is 51.1. The van der Waals surface area contributed by atoms with E-state index in [1.165, 1.54) is 0 Å². The predicted octanol–water partition coefficient (Wildman–Crippen LogP) is 4.48. The fourth-order valence-corrected chi connectivity index (χ4v) is 6.47. The largest absolute Gasteiger partial charge is 0.480 e. The summed E-state index contributed by atoms with van der Waals surface area (Å²) < 4.78 is 11.2. The van der Waals surface area contributed by atoms with E-state index in [4.69, 9.17) is 9.47 Å². The molecule has 3 atom stereocenters. The Morgan fingerprint density at radius 2 is 1.53 bits per heavy atom. The number of carbonyl (C=O) groups excluding carboxylic acids is 1. The lowest BCUT2D eigenvalue weighted by atomic mass is 9.86. The Balaban J connectivity index is 1.50. The third kappa shape index (κ3) is 6.14. The Bertz CT molecular complexity index is 1600. The van der Waals surface area contributed by atoms with Crippen molar-refractivity contribution in [1.29, 1.82) is 0 Å². The van der Waals surface area contributed by atoms with Crippen LogP contribution >= 0.6 is 11.3 Å². The minimum absolute atomic E-state index is 0.382. The van der Waals surface area contributed by atoms with E-state index >= 15 is 0 Å². The van der Waals surface area contributed by atoms with Gasteiger partial charge in [-0.25, -0.2) is 9.59 Å². The molecule has 1 fully saturated rings. The van der Waals surface area contributed by atoms with Crippen LogP contribution in [0.3, 0.4) is 0 Å². The highest BCUT2D eigenvalue weighted by molar-refractivity contribution is 7.19. The highest BCUT2D eigenvalue weighted by atomic mass is 32.1.